The molecule has 0 aromatic heterocycles. The number of piperidine rings is 1. The third-order valence-corrected chi connectivity index (χ3v) is 4.09. The van der Waals surface area contributed by atoms with Gasteiger partial charge in [-0.05, 0) is 29.9 Å². The molecule has 1 aromatic rings. The molecule has 0 saturated carbocycles. The normalized spacial score (nSPS) is 16.6. The van der Waals surface area contributed by atoms with E-state index in [1.54, 1.807) is 0 Å². The van der Waals surface area contributed by atoms with Crippen LogP contribution in [0, 0.1) is 0 Å². The molecule has 2 rings (SSSR count). The molecule has 1 aliphatic rings. The highest BCUT2D eigenvalue weighted by Gasteiger charge is 2.22. The molecule has 1 fully saturated rings. The van der Waals surface area contributed by atoms with E-state index in [1.165, 1.54) is 0 Å². The van der Waals surface area contributed by atoms with Gasteiger partial charge < -0.3 is 14.7 Å². The Morgan fingerprint density at radius 1 is 1.27 bits per heavy atom. The topological polar surface area (TPSA) is 49.8 Å². The first-order valence-electron chi connectivity index (χ1n) is 8.06. The second-order valence-corrected chi connectivity index (χ2v) is 6.96. The van der Waals surface area contributed by atoms with Crippen LogP contribution in [0.5, 0.6) is 5.75 Å². The number of ether oxygens (including phenoxy) is 1. The molecule has 1 heterocycles. The number of aliphatic hydroxyl groups is 1. The molecule has 0 atom stereocenters. The van der Waals surface area contributed by atoms with Gasteiger partial charge in [-0.15, -0.1) is 0 Å². The lowest BCUT2D eigenvalue weighted by Gasteiger charge is -2.29. The molecule has 122 valence electrons. The number of carbonyl (C=O) groups excluding carboxylic acids is 1. The number of hydrogen-bond donors (Lipinski definition) is 1. The number of aliphatic hydroxyl groups excluding tert-OH is 1. The zero-order valence-electron chi connectivity index (χ0n) is 13.8. The lowest BCUT2D eigenvalue weighted by Crippen LogP contribution is -2.40. The summed E-state index contributed by atoms with van der Waals surface area (Å²) in [6, 6.07) is 8.00. The van der Waals surface area contributed by atoms with Crippen LogP contribution in [-0.2, 0) is 10.2 Å². The lowest BCUT2D eigenvalue weighted by molar-refractivity contribution is -0.133. The maximum absolute atomic E-state index is 12.1. The predicted molar refractivity (Wildman–Crippen MR) is 87.1 cm³/mol. The van der Waals surface area contributed by atoms with Gasteiger partial charge in [-0.25, -0.2) is 0 Å². The summed E-state index contributed by atoms with van der Waals surface area (Å²) >= 11 is 0. The molecular weight excluding hydrogens is 278 g/mol. The molecule has 4 nitrogen and oxygen atoms in total. The Morgan fingerprint density at radius 2 is 1.91 bits per heavy atom. The third-order valence-electron chi connectivity index (χ3n) is 4.09. The van der Waals surface area contributed by atoms with Crippen LogP contribution in [0.1, 0.15) is 45.6 Å². The lowest BCUT2D eigenvalue weighted by atomic mass is 9.86. The Morgan fingerprint density at radius 3 is 2.55 bits per heavy atom. The Kier molecular flexibility index (Phi) is 5.46. The third kappa shape index (κ3) is 4.47. The van der Waals surface area contributed by atoms with Crippen LogP contribution in [0.4, 0.5) is 0 Å². The first-order chi connectivity index (χ1) is 10.4. The molecule has 0 spiro atoms. The summed E-state index contributed by atoms with van der Waals surface area (Å²) < 4.78 is 5.85. The minimum atomic E-state index is -0.251. The number of para-hydroxylation sites is 1. The van der Waals surface area contributed by atoms with Crippen molar-refractivity contribution >= 4 is 5.91 Å². The minimum absolute atomic E-state index is 0.0175. The highest BCUT2D eigenvalue weighted by atomic mass is 16.5. The van der Waals surface area contributed by atoms with E-state index < -0.39 is 0 Å². The number of hydrogen-bond acceptors (Lipinski definition) is 3. The smallest absolute Gasteiger partial charge is 0.226 e. The average molecular weight is 305 g/mol. The van der Waals surface area contributed by atoms with Crippen LogP contribution in [-0.4, -0.2) is 41.7 Å². The van der Waals surface area contributed by atoms with E-state index in [2.05, 4.69) is 26.8 Å². The molecule has 1 amide bonds. The van der Waals surface area contributed by atoms with Crippen LogP contribution in [0.3, 0.4) is 0 Å². The summed E-state index contributed by atoms with van der Waals surface area (Å²) in [5, 5.41) is 9.48. The van der Waals surface area contributed by atoms with Crippen molar-refractivity contribution in [1.29, 1.82) is 0 Å². The first-order valence-corrected chi connectivity index (χ1v) is 8.06. The number of benzene rings is 1. The standard InChI is InChI=1S/C18H27NO3/c1-18(2,3)15-6-4-5-7-16(15)22-13-10-17(21)19-11-8-14(20)9-12-19/h4-7,14,20H,8-13H2,1-3H3. The van der Waals surface area contributed by atoms with Gasteiger partial charge in [0.2, 0.25) is 5.91 Å². The average Bonchev–Trinajstić information content (AvgIpc) is 2.47. The highest BCUT2D eigenvalue weighted by Crippen LogP contribution is 2.30. The summed E-state index contributed by atoms with van der Waals surface area (Å²) in [4.78, 5) is 14.0. The van der Waals surface area contributed by atoms with Gasteiger partial charge in [-0.1, -0.05) is 39.0 Å². The van der Waals surface area contributed by atoms with Crippen LogP contribution in [0.2, 0.25) is 0 Å². The summed E-state index contributed by atoms with van der Waals surface area (Å²) in [6.45, 7) is 8.15. The number of amides is 1. The monoisotopic (exact) mass is 305 g/mol. The number of rotatable bonds is 4. The summed E-state index contributed by atoms with van der Waals surface area (Å²) in [6.07, 6.45) is 1.49. The van der Waals surface area contributed by atoms with Crippen LogP contribution in [0.15, 0.2) is 24.3 Å². The fraction of sp³-hybridized carbons (Fsp3) is 0.611. The van der Waals surface area contributed by atoms with E-state index in [9.17, 15) is 9.90 Å². The van der Waals surface area contributed by atoms with Gasteiger partial charge in [0.1, 0.15) is 5.75 Å². The molecule has 0 unspecified atom stereocenters. The molecule has 1 aromatic carbocycles. The predicted octanol–water partition coefficient (Wildman–Crippen LogP) is 2.74. The second kappa shape index (κ2) is 7.14. The quantitative estimate of drug-likeness (QED) is 0.930. The van der Waals surface area contributed by atoms with Crippen LogP contribution >= 0.6 is 0 Å². The van der Waals surface area contributed by atoms with Gasteiger partial charge in [-0.2, -0.15) is 0 Å². The molecule has 0 radical (unpaired) electrons. The van der Waals surface area contributed by atoms with Crippen LogP contribution in [0.25, 0.3) is 0 Å². The van der Waals surface area contributed by atoms with E-state index in [0.717, 1.165) is 11.3 Å². The highest BCUT2D eigenvalue weighted by molar-refractivity contribution is 5.76. The number of nitrogens with zero attached hydrogens (tertiary/aromatic N) is 1. The Labute approximate surface area is 133 Å². The van der Waals surface area contributed by atoms with Gasteiger partial charge >= 0.3 is 0 Å². The molecule has 1 aliphatic heterocycles. The largest absolute Gasteiger partial charge is 0.493 e. The molecule has 4 heteroatoms. The molecule has 0 aliphatic carbocycles. The summed E-state index contributed by atoms with van der Waals surface area (Å²) in [7, 11) is 0. The zero-order valence-corrected chi connectivity index (χ0v) is 13.8. The van der Waals surface area contributed by atoms with Crippen molar-refractivity contribution in [3.63, 3.8) is 0 Å². The maximum Gasteiger partial charge on any atom is 0.226 e. The SMILES string of the molecule is CC(C)(C)c1ccccc1OCCC(=O)N1CCC(O)CC1. The van der Waals surface area contributed by atoms with Crippen molar-refractivity contribution in [2.45, 2.75) is 51.6 Å². The van der Waals surface area contributed by atoms with Crippen molar-refractivity contribution in [3.8, 4) is 5.75 Å². The van der Waals surface area contributed by atoms with Gasteiger partial charge in [-0.3, -0.25) is 4.79 Å². The first kappa shape index (κ1) is 16.8. The molecule has 1 saturated heterocycles. The van der Waals surface area contributed by atoms with Gasteiger partial charge in [0.25, 0.3) is 0 Å². The van der Waals surface area contributed by atoms with Crippen molar-refractivity contribution in [3.05, 3.63) is 29.8 Å². The minimum Gasteiger partial charge on any atom is -0.493 e. The maximum atomic E-state index is 12.1. The number of likely N-dealkylation sites (tertiary alicyclic amines) is 1. The van der Waals surface area contributed by atoms with Gasteiger partial charge in [0.05, 0.1) is 19.1 Å². The molecule has 1 N–H and O–H groups in total. The van der Waals surface area contributed by atoms with Crippen molar-refractivity contribution in [1.82, 2.24) is 4.90 Å². The Bertz CT molecular complexity index is 499. The van der Waals surface area contributed by atoms with Crippen LogP contribution < -0.4 is 4.74 Å². The Hall–Kier alpha value is -1.55. The van der Waals surface area contributed by atoms with Gasteiger partial charge in [0.15, 0.2) is 0 Å². The second-order valence-electron chi connectivity index (χ2n) is 6.96. The molecule has 22 heavy (non-hydrogen) atoms. The fourth-order valence-corrected chi connectivity index (χ4v) is 2.73. The molecule has 0 bridgehead atoms. The Balaban J connectivity index is 1.85. The van der Waals surface area contributed by atoms with Gasteiger partial charge in [0, 0.05) is 13.1 Å². The van der Waals surface area contributed by atoms with Crippen molar-refractivity contribution < 1.29 is 14.6 Å². The zero-order chi connectivity index (χ0) is 16.2. The van der Waals surface area contributed by atoms with E-state index in [4.69, 9.17) is 4.74 Å². The number of carbonyl (C=O) groups is 1. The van der Waals surface area contributed by atoms with E-state index in [-0.39, 0.29) is 17.4 Å². The summed E-state index contributed by atoms with van der Waals surface area (Å²) in [5.74, 6) is 0.969. The van der Waals surface area contributed by atoms with E-state index in [0.29, 0.717) is 39.0 Å². The molecular formula is C18H27NO3. The van der Waals surface area contributed by atoms with E-state index >= 15 is 0 Å². The summed E-state index contributed by atoms with van der Waals surface area (Å²) in [5.41, 5.74) is 1.17. The van der Waals surface area contributed by atoms with E-state index in [1.807, 2.05) is 23.1 Å². The van der Waals surface area contributed by atoms with Crippen molar-refractivity contribution in [2.75, 3.05) is 19.7 Å². The van der Waals surface area contributed by atoms with Crippen molar-refractivity contribution in [2.24, 2.45) is 0 Å². The fourth-order valence-electron chi connectivity index (χ4n) is 2.73.